The molecule has 16 heavy (non-hydrogen) atoms. The van der Waals surface area contributed by atoms with E-state index >= 15 is 0 Å². The van der Waals surface area contributed by atoms with Crippen molar-refractivity contribution in [3.8, 4) is 0 Å². The summed E-state index contributed by atoms with van der Waals surface area (Å²) in [7, 11) is 0. The summed E-state index contributed by atoms with van der Waals surface area (Å²) in [6, 6.07) is 9.90. The average Bonchev–Trinajstić information content (AvgIpc) is 2.81. The highest BCUT2D eigenvalue weighted by atomic mass is 35.5. The summed E-state index contributed by atoms with van der Waals surface area (Å²) >= 11 is 7.10. The highest BCUT2D eigenvalue weighted by Gasteiger charge is 2.20. The number of hydrogen-bond donors (Lipinski definition) is 0. The Labute approximate surface area is 101 Å². The van der Waals surface area contributed by atoms with Crippen LogP contribution in [0.25, 0.3) is 0 Å². The normalized spacial score (nSPS) is 10.1. The van der Waals surface area contributed by atoms with Crippen molar-refractivity contribution in [3.05, 3.63) is 57.2 Å². The van der Waals surface area contributed by atoms with Crippen molar-refractivity contribution in [1.82, 2.24) is 0 Å². The fraction of sp³-hybridized carbons (Fsp3) is 0. The maximum Gasteiger partial charge on any atom is 0.243 e. The molecule has 0 fully saturated rings. The third-order valence-corrected chi connectivity index (χ3v) is 3.27. The van der Waals surface area contributed by atoms with Gasteiger partial charge in [-0.2, -0.15) is 0 Å². The summed E-state index contributed by atoms with van der Waals surface area (Å²) in [5, 5.41) is 2.06. The van der Waals surface area contributed by atoms with Crippen molar-refractivity contribution in [2.24, 2.45) is 0 Å². The van der Waals surface area contributed by atoms with Crippen LogP contribution in [-0.4, -0.2) is 11.6 Å². The van der Waals surface area contributed by atoms with Crippen LogP contribution >= 0.6 is 22.9 Å². The molecule has 0 radical (unpaired) electrons. The summed E-state index contributed by atoms with van der Waals surface area (Å²) < 4.78 is 0. The van der Waals surface area contributed by atoms with E-state index in [9.17, 15) is 9.59 Å². The van der Waals surface area contributed by atoms with E-state index in [1.807, 2.05) is 0 Å². The predicted molar refractivity (Wildman–Crippen MR) is 64.4 cm³/mol. The smallest absolute Gasteiger partial charge is 0.243 e. The molecule has 0 amide bonds. The van der Waals surface area contributed by atoms with Crippen LogP contribution in [0.5, 0.6) is 0 Å². The van der Waals surface area contributed by atoms with Crippen molar-refractivity contribution < 1.29 is 9.59 Å². The van der Waals surface area contributed by atoms with Crippen molar-refractivity contribution >= 4 is 34.5 Å². The fourth-order valence-electron chi connectivity index (χ4n) is 1.29. The summed E-state index contributed by atoms with van der Waals surface area (Å²) in [6.07, 6.45) is 0. The monoisotopic (exact) mass is 250 g/mol. The molecule has 0 saturated heterocycles. The Balaban J connectivity index is 2.34. The number of Topliss-reactive ketones (excluding diaryl/α,β-unsaturated/α-hetero) is 2. The predicted octanol–water partition coefficient (Wildman–Crippen LogP) is 3.47. The largest absolute Gasteiger partial charge is 0.285 e. The number of carbonyl (C=O) groups is 2. The molecule has 0 spiro atoms. The van der Waals surface area contributed by atoms with Gasteiger partial charge < -0.3 is 0 Å². The van der Waals surface area contributed by atoms with Gasteiger partial charge in [0.15, 0.2) is 0 Å². The molecule has 0 atom stereocenters. The number of carbonyl (C=O) groups excluding carboxylic acids is 2. The molecule has 0 aliphatic heterocycles. The lowest BCUT2D eigenvalue weighted by molar-refractivity contribution is 0.0819. The third-order valence-electron chi connectivity index (χ3n) is 2.07. The first-order valence-corrected chi connectivity index (χ1v) is 5.83. The molecule has 80 valence electrons. The van der Waals surface area contributed by atoms with Crippen LogP contribution in [-0.2, 0) is 0 Å². The summed E-state index contributed by atoms with van der Waals surface area (Å²) in [5.74, 6) is -1.07. The molecule has 2 aromatic rings. The standard InChI is InChI=1S/C12H7ClO2S/c13-9-5-2-1-4-8(9)11(14)12(15)10-6-3-7-16-10/h1-7H. The van der Waals surface area contributed by atoms with Gasteiger partial charge in [-0.1, -0.05) is 29.8 Å². The Morgan fingerprint density at radius 3 is 2.38 bits per heavy atom. The van der Waals surface area contributed by atoms with Crippen LogP contribution in [0, 0.1) is 0 Å². The van der Waals surface area contributed by atoms with Gasteiger partial charge >= 0.3 is 0 Å². The van der Waals surface area contributed by atoms with E-state index < -0.39 is 11.6 Å². The molecular formula is C12H7ClO2S. The zero-order valence-corrected chi connectivity index (χ0v) is 9.72. The first kappa shape index (κ1) is 11.0. The van der Waals surface area contributed by atoms with Gasteiger partial charge in [0.2, 0.25) is 11.6 Å². The van der Waals surface area contributed by atoms with E-state index in [2.05, 4.69) is 0 Å². The van der Waals surface area contributed by atoms with Gasteiger partial charge in [0.25, 0.3) is 0 Å². The van der Waals surface area contributed by atoms with E-state index in [1.54, 1.807) is 41.8 Å². The average molecular weight is 251 g/mol. The molecule has 0 saturated carbocycles. The van der Waals surface area contributed by atoms with E-state index in [0.717, 1.165) is 0 Å². The van der Waals surface area contributed by atoms with Crippen LogP contribution in [0.4, 0.5) is 0 Å². The fourth-order valence-corrected chi connectivity index (χ4v) is 2.17. The van der Waals surface area contributed by atoms with Crippen molar-refractivity contribution in [3.63, 3.8) is 0 Å². The number of thiophene rings is 1. The summed E-state index contributed by atoms with van der Waals surface area (Å²) in [6.45, 7) is 0. The molecule has 0 aliphatic carbocycles. The Morgan fingerprint density at radius 2 is 1.75 bits per heavy atom. The van der Waals surface area contributed by atoms with Gasteiger partial charge in [-0.25, -0.2) is 0 Å². The molecule has 1 aromatic carbocycles. The topological polar surface area (TPSA) is 34.1 Å². The maximum atomic E-state index is 11.8. The van der Waals surface area contributed by atoms with Gasteiger partial charge in [-0.05, 0) is 23.6 Å². The van der Waals surface area contributed by atoms with Crippen LogP contribution in [0.2, 0.25) is 5.02 Å². The van der Waals surface area contributed by atoms with Crippen molar-refractivity contribution in [1.29, 1.82) is 0 Å². The van der Waals surface area contributed by atoms with E-state index in [1.165, 1.54) is 11.3 Å². The summed E-state index contributed by atoms with van der Waals surface area (Å²) in [5.41, 5.74) is 0.252. The van der Waals surface area contributed by atoms with Crippen molar-refractivity contribution in [2.75, 3.05) is 0 Å². The SMILES string of the molecule is O=C(C(=O)c1ccccc1Cl)c1cccs1. The second-order valence-corrected chi connectivity index (χ2v) is 4.47. The highest BCUT2D eigenvalue weighted by Crippen LogP contribution is 2.19. The molecule has 2 nitrogen and oxygen atoms in total. The first-order chi connectivity index (χ1) is 7.70. The Kier molecular flexibility index (Phi) is 3.17. The van der Waals surface area contributed by atoms with Crippen LogP contribution in [0.15, 0.2) is 41.8 Å². The second kappa shape index (κ2) is 4.60. The van der Waals surface area contributed by atoms with Crippen LogP contribution in [0.1, 0.15) is 20.0 Å². The molecule has 2 rings (SSSR count). The minimum absolute atomic E-state index is 0.252. The molecule has 0 bridgehead atoms. The van der Waals surface area contributed by atoms with Crippen molar-refractivity contribution in [2.45, 2.75) is 0 Å². The Morgan fingerprint density at radius 1 is 1.00 bits per heavy atom. The first-order valence-electron chi connectivity index (χ1n) is 4.57. The minimum atomic E-state index is -0.562. The van der Waals surface area contributed by atoms with E-state index in [0.29, 0.717) is 9.90 Å². The van der Waals surface area contributed by atoms with Crippen LogP contribution < -0.4 is 0 Å². The lowest BCUT2D eigenvalue weighted by Crippen LogP contribution is -2.13. The number of ketones is 2. The van der Waals surface area contributed by atoms with E-state index in [-0.39, 0.29) is 5.56 Å². The highest BCUT2D eigenvalue weighted by molar-refractivity contribution is 7.13. The third kappa shape index (κ3) is 2.05. The Hall–Kier alpha value is -1.45. The lowest BCUT2D eigenvalue weighted by atomic mass is 10.1. The molecule has 0 unspecified atom stereocenters. The van der Waals surface area contributed by atoms with Crippen LogP contribution in [0.3, 0.4) is 0 Å². The molecule has 1 aromatic heterocycles. The van der Waals surface area contributed by atoms with E-state index in [4.69, 9.17) is 11.6 Å². The second-order valence-electron chi connectivity index (χ2n) is 3.12. The van der Waals surface area contributed by atoms with Gasteiger partial charge in [-0.3, -0.25) is 9.59 Å². The number of benzene rings is 1. The zero-order chi connectivity index (χ0) is 11.5. The quantitative estimate of drug-likeness (QED) is 0.618. The molecular weight excluding hydrogens is 244 g/mol. The van der Waals surface area contributed by atoms with Gasteiger partial charge in [-0.15, -0.1) is 11.3 Å². The number of hydrogen-bond acceptors (Lipinski definition) is 3. The lowest BCUT2D eigenvalue weighted by Gasteiger charge is -2.00. The van der Waals surface area contributed by atoms with Gasteiger partial charge in [0.1, 0.15) is 0 Å². The molecule has 1 heterocycles. The summed E-state index contributed by atoms with van der Waals surface area (Å²) in [4.78, 5) is 24.0. The number of rotatable bonds is 3. The van der Waals surface area contributed by atoms with Gasteiger partial charge in [0.05, 0.1) is 9.90 Å². The molecule has 0 N–H and O–H groups in total. The maximum absolute atomic E-state index is 11.8. The molecule has 0 aliphatic rings. The Bertz CT molecular complexity index is 532. The number of halogens is 1. The van der Waals surface area contributed by atoms with Gasteiger partial charge in [0, 0.05) is 5.56 Å². The zero-order valence-electron chi connectivity index (χ0n) is 8.14. The minimum Gasteiger partial charge on any atom is -0.285 e. The molecule has 4 heteroatoms.